The van der Waals surface area contributed by atoms with Crippen LogP contribution in [0.5, 0.6) is 5.75 Å². The smallest absolute Gasteiger partial charge is 0.433 e. The Morgan fingerprint density at radius 3 is 2.22 bits per heavy atom. The number of rotatable bonds is 8. The number of H-pyrrole nitrogens is 1. The number of aromatic amines is 1. The molecule has 3 aromatic carbocycles. The summed E-state index contributed by atoms with van der Waals surface area (Å²) >= 11 is 0. The number of carbonyl (C=O) groups is 2. The summed E-state index contributed by atoms with van der Waals surface area (Å²) in [6.45, 7) is 3.45. The van der Waals surface area contributed by atoms with Gasteiger partial charge in [0.05, 0.1) is 25.5 Å². The molecule has 1 atom stereocenters. The van der Waals surface area contributed by atoms with E-state index in [2.05, 4.69) is 20.3 Å². The van der Waals surface area contributed by atoms with Crippen LogP contribution in [-0.2, 0) is 15.7 Å². The van der Waals surface area contributed by atoms with Crippen molar-refractivity contribution in [2.45, 2.75) is 32.0 Å². The zero-order valence-corrected chi connectivity index (χ0v) is 25.1. The second-order valence-electron chi connectivity index (χ2n) is 10.7. The number of esters is 1. The van der Waals surface area contributed by atoms with Gasteiger partial charge in [0.15, 0.2) is 5.69 Å². The van der Waals surface area contributed by atoms with Crippen LogP contribution >= 0.6 is 0 Å². The number of nitrogens with zero attached hydrogens (tertiary/aromatic N) is 2. The standard InChI is InChI=1S/C34H29F3N4O5/c1-4-45-32(42)30-28(40-31(41-30)24-13-15-26(44-3)29-23(24)14-16-27(39-29)34(35,36)37)18(2)38-33(43)46-17-25-21-11-7-5-9-19(21)20-10-6-8-12-22(20)25/h5-16,18,25H,4,17H2,1-3H3,(H,38,43)(H,40,41)/t18-/m1/s1. The molecule has 6 rings (SSSR count). The molecule has 1 aliphatic rings. The number of imidazole rings is 1. The van der Waals surface area contributed by atoms with Gasteiger partial charge in [0.1, 0.15) is 29.4 Å². The van der Waals surface area contributed by atoms with Crippen molar-refractivity contribution in [1.29, 1.82) is 0 Å². The summed E-state index contributed by atoms with van der Waals surface area (Å²) in [4.78, 5) is 37.3. The zero-order valence-electron chi connectivity index (χ0n) is 25.1. The predicted octanol–water partition coefficient (Wildman–Crippen LogP) is 7.43. The van der Waals surface area contributed by atoms with Crippen LogP contribution in [0.2, 0.25) is 0 Å². The molecular weight excluding hydrogens is 601 g/mol. The molecule has 1 aliphatic carbocycles. The highest BCUT2D eigenvalue weighted by molar-refractivity contribution is 5.98. The van der Waals surface area contributed by atoms with Gasteiger partial charge < -0.3 is 24.5 Å². The first-order valence-corrected chi connectivity index (χ1v) is 14.5. The van der Waals surface area contributed by atoms with E-state index in [0.717, 1.165) is 28.3 Å². The van der Waals surface area contributed by atoms with E-state index in [1.165, 1.54) is 19.2 Å². The molecule has 2 aromatic heterocycles. The number of hydrogen-bond acceptors (Lipinski definition) is 7. The number of methoxy groups -OCH3 is 1. The molecule has 12 heteroatoms. The average Bonchev–Trinajstić information content (AvgIpc) is 3.63. The van der Waals surface area contributed by atoms with Gasteiger partial charge in [-0.2, -0.15) is 13.2 Å². The van der Waals surface area contributed by atoms with Gasteiger partial charge in [0, 0.05) is 16.9 Å². The van der Waals surface area contributed by atoms with E-state index in [0.29, 0.717) is 10.9 Å². The molecule has 0 bridgehead atoms. The number of amides is 1. The van der Waals surface area contributed by atoms with Gasteiger partial charge in [0.25, 0.3) is 0 Å². The van der Waals surface area contributed by atoms with Crippen molar-refractivity contribution < 1.29 is 37.0 Å². The van der Waals surface area contributed by atoms with Crippen LogP contribution in [0.25, 0.3) is 33.4 Å². The van der Waals surface area contributed by atoms with Gasteiger partial charge in [-0.1, -0.05) is 48.5 Å². The Labute approximate surface area is 261 Å². The summed E-state index contributed by atoms with van der Waals surface area (Å²) in [6.07, 6.45) is -5.37. The topological polar surface area (TPSA) is 115 Å². The SMILES string of the molecule is CCOC(=O)c1nc(-c2ccc(OC)c3nc(C(F)(F)F)ccc23)[nH]c1[C@@H](C)NC(=O)OCC1c2ccccc2-c2ccccc21. The lowest BCUT2D eigenvalue weighted by atomic mass is 9.98. The van der Waals surface area contributed by atoms with Crippen LogP contribution in [0.4, 0.5) is 18.0 Å². The van der Waals surface area contributed by atoms with E-state index in [1.807, 2.05) is 48.5 Å². The number of hydrogen-bond donors (Lipinski definition) is 2. The molecule has 2 N–H and O–H groups in total. The third kappa shape index (κ3) is 5.62. The van der Waals surface area contributed by atoms with Gasteiger partial charge in [-0.15, -0.1) is 0 Å². The number of fused-ring (bicyclic) bond motifs is 4. The number of ether oxygens (including phenoxy) is 3. The summed E-state index contributed by atoms with van der Waals surface area (Å²) in [7, 11) is 1.33. The number of halogens is 3. The first-order valence-electron chi connectivity index (χ1n) is 14.5. The molecule has 0 unspecified atom stereocenters. The van der Waals surface area contributed by atoms with E-state index >= 15 is 0 Å². The monoisotopic (exact) mass is 630 g/mol. The van der Waals surface area contributed by atoms with Crippen molar-refractivity contribution in [3.05, 3.63) is 101 Å². The van der Waals surface area contributed by atoms with Crippen molar-refractivity contribution in [3.63, 3.8) is 0 Å². The highest BCUT2D eigenvalue weighted by atomic mass is 19.4. The van der Waals surface area contributed by atoms with Gasteiger partial charge in [-0.3, -0.25) is 0 Å². The molecule has 2 heterocycles. The Morgan fingerprint density at radius 2 is 1.59 bits per heavy atom. The van der Waals surface area contributed by atoms with Crippen LogP contribution in [0.15, 0.2) is 72.8 Å². The number of benzene rings is 3. The van der Waals surface area contributed by atoms with Gasteiger partial charge in [-0.25, -0.2) is 19.6 Å². The average molecular weight is 631 g/mol. The fourth-order valence-corrected chi connectivity index (χ4v) is 5.79. The minimum atomic E-state index is -4.66. The first-order chi connectivity index (χ1) is 22.1. The first kappa shape index (κ1) is 30.6. The molecule has 0 saturated carbocycles. The van der Waals surface area contributed by atoms with Crippen molar-refractivity contribution in [1.82, 2.24) is 20.3 Å². The lowest BCUT2D eigenvalue weighted by Gasteiger charge is -2.17. The van der Waals surface area contributed by atoms with Gasteiger partial charge in [-0.05, 0) is 60.4 Å². The quantitative estimate of drug-likeness (QED) is 0.171. The summed E-state index contributed by atoms with van der Waals surface area (Å²) in [5, 5.41) is 3.06. The Kier molecular flexibility index (Phi) is 8.11. The Balaban J connectivity index is 1.27. The summed E-state index contributed by atoms with van der Waals surface area (Å²) in [6, 6.07) is 20.4. The number of carbonyl (C=O) groups excluding carboxylic acids is 2. The molecule has 0 spiro atoms. The Bertz CT molecular complexity index is 1910. The summed E-state index contributed by atoms with van der Waals surface area (Å²) in [5.74, 6) is -0.588. The van der Waals surface area contributed by atoms with Crippen molar-refractivity contribution >= 4 is 23.0 Å². The third-order valence-corrected chi connectivity index (χ3v) is 7.90. The largest absolute Gasteiger partial charge is 0.494 e. The highest BCUT2D eigenvalue weighted by Gasteiger charge is 2.34. The molecular formula is C34H29F3N4O5. The molecule has 0 saturated heterocycles. The maximum Gasteiger partial charge on any atom is 0.433 e. The molecule has 46 heavy (non-hydrogen) atoms. The van der Waals surface area contributed by atoms with Gasteiger partial charge in [0.2, 0.25) is 0 Å². The third-order valence-electron chi connectivity index (χ3n) is 7.90. The molecule has 0 radical (unpaired) electrons. The summed E-state index contributed by atoms with van der Waals surface area (Å²) < 4.78 is 56.5. The number of alkyl carbamates (subject to hydrolysis) is 1. The van der Waals surface area contributed by atoms with Crippen LogP contribution in [0, 0.1) is 0 Å². The molecule has 0 aliphatic heterocycles. The number of alkyl halides is 3. The fourth-order valence-electron chi connectivity index (χ4n) is 5.79. The van der Waals surface area contributed by atoms with Crippen LogP contribution in [0.3, 0.4) is 0 Å². The van der Waals surface area contributed by atoms with E-state index in [-0.39, 0.29) is 47.6 Å². The van der Waals surface area contributed by atoms with Crippen molar-refractivity contribution in [3.8, 4) is 28.3 Å². The second-order valence-corrected chi connectivity index (χ2v) is 10.7. The maximum atomic E-state index is 13.4. The number of pyridine rings is 1. The van der Waals surface area contributed by atoms with E-state index in [9.17, 15) is 22.8 Å². The number of aromatic nitrogens is 3. The second kappa shape index (κ2) is 12.2. The van der Waals surface area contributed by atoms with Crippen LogP contribution in [-0.4, -0.2) is 47.3 Å². The Morgan fingerprint density at radius 1 is 0.913 bits per heavy atom. The zero-order chi connectivity index (χ0) is 32.6. The minimum Gasteiger partial charge on any atom is -0.494 e. The van der Waals surface area contributed by atoms with E-state index < -0.39 is 30.0 Å². The minimum absolute atomic E-state index is 0.0322. The summed E-state index contributed by atoms with van der Waals surface area (Å²) in [5.41, 5.74) is 3.71. The Hall–Kier alpha value is -5.39. The van der Waals surface area contributed by atoms with E-state index in [1.54, 1.807) is 19.9 Å². The molecule has 0 fully saturated rings. The van der Waals surface area contributed by atoms with Gasteiger partial charge >= 0.3 is 18.2 Å². The normalized spacial score (nSPS) is 13.2. The lowest BCUT2D eigenvalue weighted by molar-refractivity contribution is -0.140. The van der Waals surface area contributed by atoms with Crippen LogP contribution < -0.4 is 10.1 Å². The predicted molar refractivity (Wildman–Crippen MR) is 163 cm³/mol. The lowest BCUT2D eigenvalue weighted by Crippen LogP contribution is -2.30. The molecule has 236 valence electrons. The van der Waals surface area contributed by atoms with Crippen molar-refractivity contribution in [2.24, 2.45) is 0 Å². The molecule has 9 nitrogen and oxygen atoms in total. The molecule has 1 amide bonds. The van der Waals surface area contributed by atoms with E-state index in [4.69, 9.17) is 14.2 Å². The van der Waals surface area contributed by atoms with Crippen molar-refractivity contribution in [2.75, 3.05) is 20.3 Å². The highest BCUT2D eigenvalue weighted by Crippen LogP contribution is 2.44. The maximum absolute atomic E-state index is 13.4. The molecule has 5 aromatic rings. The fraction of sp³-hybridized carbons (Fsp3) is 0.235. The van der Waals surface area contributed by atoms with Crippen LogP contribution in [0.1, 0.15) is 58.8 Å². The number of nitrogens with one attached hydrogen (secondary N) is 2.